The minimum atomic E-state index is -1.32. The van der Waals surface area contributed by atoms with Gasteiger partial charge in [0.05, 0.1) is 11.9 Å². The predicted octanol–water partition coefficient (Wildman–Crippen LogP) is 11.7. The van der Waals surface area contributed by atoms with Crippen LogP contribution < -0.4 is 20.8 Å². The van der Waals surface area contributed by atoms with Crippen molar-refractivity contribution < 1.29 is 29.4 Å². The summed E-state index contributed by atoms with van der Waals surface area (Å²) in [5.74, 6) is -3.31. The molecule has 0 aliphatic carbocycles. The van der Waals surface area contributed by atoms with Crippen LogP contribution in [0.4, 0.5) is 0 Å². The molecule has 0 spiro atoms. The standard InChI is InChI=1S/2C26H43NO3.Ca/c2*1-2-3-4-5-6-7-8-9-10-11-12-13-14-15-16-19-22-27-25(28)23-20-17-18-21-24(23)26(29)30;/h2*17-18,20-21H,2-16,19,22H2,1H3,(H,27,28)(H,29,30);/q;;+2/p-2. The smallest absolute Gasteiger partial charge is 0.545 e. The van der Waals surface area contributed by atoms with E-state index in [1.54, 1.807) is 24.3 Å². The second kappa shape index (κ2) is 42.9. The summed E-state index contributed by atoms with van der Waals surface area (Å²) in [4.78, 5) is 46.4. The van der Waals surface area contributed by atoms with Crippen molar-refractivity contribution in [3.63, 3.8) is 0 Å². The second-order valence-corrected chi connectivity index (χ2v) is 16.8. The number of hydrogen-bond donors (Lipinski definition) is 2. The van der Waals surface area contributed by atoms with Gasteiger partial charge in [-0.15, -0.1) is 0 Å². The number of benzene rings is 2. The predicted molar refractivity (Wildman–Crippen MR) is 251 cm³/mol. The normalized spacial score (nSPS) is 10.7. The summed E-state index contributed by atoms with van der Waals surface area (Å²) in [5.41, 5.74) is 0.243. The molecule has 9 heteroatoms. The zero-order chi connectivity index (χ0) is 43.7. The van der Waals surface area contributed by atoms with Gasteiger partial charge in [0, 0.05) is 35.3 Å². The quantitative estimate of drug-likeness (QED) is 0.0509. The van der Waals surface area contributed by atoms with Crippen molar-refractivity contribution in [2.45, 2.75) is 219 Å². The molecule has 0 aliphatic rings. The Labute approximate surface area is 402 Å². The number of carbonyl (C=O) groups excluding carboxylic acids is 4. The van der Waals surface area contributed by atoms with Crippen LogP contribution in [0.5, 0.6) is 0 Å². The van der Waals surface area contributed by atoms with Crippen LogP contribution >= 0.6 is 0 Å². The molecule has 0 heterocycles. The van der Waals surface area contributed by atoms with Gasteiger partial charge in [0.2, 0.25) is 0 Å². The first kappa shape index (κ1) is 58.6. The van der Waals surface area contributed by atoms with Crippen molar-refractivity contribution >= 4 is 61.5 Å². The van der Waals surface area contributed by atoms with Crippen molar-refractivity contribution in [1.82, 2.24) is 10.6 Å². The molecule has 0 atom stereocenters. The number of carbonyl (C=O) groups is 4. The maximum absolute atomic E-state index is 12.1. The van der Waals surface area contributed by atoms with E-state index in [0.29, 0.717) is 13.1 Å². The summed E-state index contributed by atoms with van der Waals surface area (Å²) in [6.45, 7) is 5.70. The molecule has 0 radical (unpaired) electrons. The van der Waals surface area contributed by atoms with Crippen LogP contribution in [0.2, 0.25) is 0 Å². The monoisotopic (exact) mass is 873 g/mol. The molecule has 0 fully saturated rings. The van der Waals surface area contributed by atoms with Gasteiger partial charge < -0.3 is 30.4 Å². The minimum absolute atomic E-state index is 0. The van der Waals surface area contributed by atoms with Gasteiger partial charge in [0.15, 0.2) is 0 Å². The molecule has 61 heavy (non-hydrogen) atoms. The zero-order valence-electron chi connectivity index (χ0n) is 38.8. The summed E-state index contributed by atoms with van der Waals surface area (Å²) in [6, 6.07) is 12.4. The number of nitrogens with one attached hydrogen (secondary N) is 2. The molecule has 0 aliphatic heterocycles. The van der Waals surface area contributed by atoms with E-state index in [4.69, 9.17) is 0 Å². The van der Waals surface area contributed by atoms with Crippen molar-refractivity contribution in [3.05, 3.63) is 70.8 Å². The first-order chi connectivity index (χ1) is 29.3. The molecule has 0 aromatic heterocycles. The molecule has 2 rings (SSSR count). The van der Waals surface area contributed by atoms with E-state index < -0.39 is 11.9 Å². The zero-order valence-corrected chi connectivity index (χ0v) is 41.0. The van der Waals surface area contributed by atoms with Crippen LogP contribution in [0.15, 0.2) is 48.5 Å². The fourth-order valence-corrected chi connectivity index (χ4v) is 7.66. The van der Waals surface area contributed by atoms with Crippen LogP contribution in [0.3, 0.4) is 0 Å². The number of carboxylic acid groups (broad SMARTS) is 2. The van der Waals surface area contributed by atoms with E-state index in [1.165, 1.54) is 204 Å². The Bertz CT molecular complexity index is 1280. The second-order valence-electron chi connectivity index (χ2n) is 16.8. The van der Waals surface area contributed by atoms with Gasteiger partial charge in [-0.2, -0.15) is 0 Å². The van der Waals surface area contributed by atoms with E-state index >= 15 is 0 Å². The molecule has 2 aromatic rings. The number of hydrogen-bond acceptors (Lipinski definition) is 6. The van der Waals surface area contributed by atoms with Gasteiger partial charge in [0.25, 0.3) is 11.8 Å². The van der Waals surface area contributed by atoms with Gasteiger partial charge in [0.1, 0.15) is 0 Å². The Morgan fingerprint density at radius 1 is 0.344 bits per heavy atom. The molecule has 0 unspecified atom stereocenters. The SMILES string of the molecule is CCCCCCCCCCCCCCCCCCNC(=O)c1ccccc1C(=O)[O-].CCCCCCCCCCCCCCCCCCNC(=O)c1ccccc1C(=O)[O-].[Ca+2]. The van der Waals surface area contributed by atoms with Gasteiger partial charge in [-0.05, 0) is 25.0 Å². The summed E-state index contributed by atoms with van der Waals surface area (Å²) in [6.07, 6.45) is 42.2. The minimum Gasteiger partial charge on any atom is -0.545 e. The maximum atomic E-state index is 12.1. The molecular weight excluding hydrogens is 789 g/mol. The van der Waals surface area contributed by atoms with Crippen molar-refractivity contribution in [1.29, 1.82) is 0 Å². The summed E-state index contributed by atoms with van der Waals surface area (Å²) in [7, 11) is 0. The van der Waals surface area contributed by atoms with Crippen molar-refractivity contribution in [2.75, 3.05) is 13.1 Å². The summed E-state index contributed by atoms with van der Waals surface area (Å²) in [5, 5.41) is 27.8. The van der Waals surface area contributed by atoms with Gasteiger partial charge in [-0.1, -0.05) is 243 Å². The Hall–Kier alpha value is -2.42. The average molecular weight is 873 g/mol. The fraction of sp³-hybridized carbons (Fsp3) is 0.692. The third kappa shape index (κ3) is 32.9. The van der Waals surface area contributed by atoms with Crippen molar-refractivity contribution in [2.24, 2.45) is 0 Å². The molecule has 340 valence electrons. The Kier molecular flexibility index (Phi) is 41.2. The first-order valence-electron chi connectivity index (χ1n) is 24.5. The molecular formula is C52H84CaN2O6. The van der Waals surface area contributed by atoms with Gasteiger partial charge >= 0.3 is 37.7 Å². The van der Waals surface area contributed by atoms with E-state index in [-0.39, 0.29) is 71.8 Å². The Morgan fingerprint density at radius 2 is 0.541 bits per heavy atom. The maximum Gasteiger partial charge on any atom is 2.00 e. The van der Waals surface area contributed by atoms with E-state index in [2.05, 4.69) is 24.5 Å². The molecule has 8 nitrogen and oxygen atoms in total. The fourth-order valence-electron chi connectivity index (χ4n) is 7.66. The van der Waals surface area contributed by atoms with E-state index in [9.17, 15) is 29.4 Å². The van der Waals surface area contributed by atoms with E-state index in [1.807, 2.05) is 0 Å². The Balaban J connectivity index is 0.00000116. The van der Waals surface area contributed by atoms with Crippen LogP contribution in [-0.2, 0) is 0 Å². The molecule has 2 aromatic carbocycles. The van der Waals surface area contributed by atoms with Crippen LogP contribution in [0, 0.1) is 0 Å². The average Bonchev–Trinajstić information content (AvgIpc) is 3.25. The number of unbranched alkanes of at least 4 members (excludes halogenated alkanes) is 30. The number of aromatic carboxylic acids is 2. The largest absolute Gasteiger partial charge is 2.00 e. The van der Waals surface area contributed by atoms with Crippen molar-refractivity contribution in [3.8, 4) is 0 Å². The topological polar surface area (TPSA) is 138 Å². The third-order valence-corrected chi connectivity index (χ3v) is 11.4. The molecule has 2 N–H and O–H groups in total. The number of rotatable bonds is 38. The molecule has 0 saturated heterocycles. The number of amides is 2. The van der Waals surface area contributed by atoms with Gasteiger partial charge in [-0.25, -0.2) is 0 Å². The molecule has 0 saturated carbocycles. The Morgan fingerprint density at radius 3 is 0.754 bits per heavy atom. The number of carboxylic acids is 2. The van der Waals surface area contributed by atoms with E-state index in [0.717, 1.165) is 25.7 Å². The van der Waals surface area contributed by atoms with Crippen LogP contribution in [-0.4, -0.2) is 74.6 Å². The molecule has 0 bridgehead atoms. The van der Waals surface area contributed by atoms with Crippen LogP contribution in [0.25, 0.3) is 0 Å². The third-order valence-electron chi connectivity index (χ3n) is 11.4. The van der Waals surface area contributed by atoms with Gasteiger partial charge in [-0.3, -0.25) is 9.59 Å². The summed E-state index contributed by atoms with van der Waals surface area (Å²) < 4.78 is 0. The molecule has 2 amide bonds. The first-order valence-corrected chi connectivity index (χ1v) is 24.5. The summed E-state index contributed by atoms with van der Waals surface area (Å²) >= 11 is 0. The van der Waals surface area contributed by atoms with Crippen LogP contribution in [0.1, 0.15) is 261 Å².